The molecule has 2 heterocycles. The number of nitrogens with zero attached hydrogens (tertiary/aromatic N) is 2. The number of amides is 2. The molecule has 2 amide bonds. The van der Waals surface area contributed by atoms with Crippen LogP contribution in [0.2, 0.25) is 0 Å². The van der Waals surface area contributed by atoms with Crippen molar-refractivity contribution in [2.75, 3.05) is 30.3 Å². The number of sulfonamides is 1. The Bertz CT molecular complexity index is 1250. The Labute approximate surface area is 197 Å². The van der Waals surface area contributed by atoms with Crippen molar-refractivity contribution >= 4 is 39.3 Å². The Balaban J connectivity index is 1.27. The molecule has 0 N–H and O–H groups in total. The predicted molar refractivity (Wildman–Crippen MR) is 123 cm³/mol. The molecule has 2 aliphatic heterocycles. The Kier molecular flexibility index (Phi) is 6.52. The van der Waals surface area contributed by atoms with E-state index in [2.05, 4.69) is 0 Å². The van der Waals surface area contributed by atoms with Crippen molar-refractivity contribution in [1.29, 1.82) is 0 Å². The minimum Gasteiger partial charge on any atom is -0.457 e. The second-order valence-corrected chi connectivity index (χ2v) is 10.2. The third-order valence-electron chi connectivity index (χ3n) is 5.88. The van der Waals surface area contributed by atoms with Crippen molar-refractivity contribution in [1.82, 2.24) is 4.90 Å². The maximum absolute atomic E-state index is 12.5. The largest absolute Gasteiger partial charge is 0.457 e. The molecule has 0 bridgehead atoms. The molecule has 178 valence electrons. The third-order valence-corrected chi connectivity index (χ3v) is 7.06. The van der Waals surface area contributed by atoms with Gasteiger partial charge < -0.3 is 4.74 Å². The summed E-state index contributed by atoms with van der Waals surface area (Å²) in [6.07, 6.45) is 2.63. The van der Waals surface area contributed by atoms with Gasteiger partial charge in [0, 0.05) is 25.1 Å². The average Bonchev–Trinajstić information content (AvgIpc) is 3.06. The van der Waals surface area contributed by atoms with Crippen LogP contribution in [-0.2, 0) is 26.0 Å². The van der Waals surface area contributed by atoms with Crippen LogP contribution in [0, 0.1) is 0 Å². The predicted octanol–water partition coefficient (Wildman–Crippen LogP) is 2.20. The third kappa shape index (κ3) is 4.72. The van der Waals surface area contributed by atoms with Gasteiger partial charge in [0.2, 0.25) is 10.0 Å². The van der Waals surface area contributed by atoms with Gasteiger partial charge in [0.05, 0.1) is 23.1 Å². The minimum absolute atomic E-state index is 0.0474. The lowest BCUT2D eigenvalue weighted by atomic mass is 9.99. The summed E-state index contributed by atoms with van der Waals surface area (Å²) in [6, 6.07) is 11.3. The Hall–Kier alpha value is -3.53. The fraction of sp³-hybridized carbons (Fsp3) is 0.333. The van der Waals surface area contributed by atoms with E-state index in [0.29, 0.717) is 41.8 Å². The number of ketones is 1. The van der Waals surface area contributed by atoms with Gasteiger partial charge in [-0.05, 0) is 55.2 Å². The molecular formula is C24H24N2O7S. The highest BCUT2D eigenvalue weighted by atomic mass is 32.2. The number of hydrogen-bond acceptors (Lipinski definition) is 7. The number of carbonyl (C=O) groups excluding carboxylic acids is 4. The molecule has 0 saturated heterocycles. The fourth-order valence-corrected chi connectivity index (χ4v) is 5.20. The van der Waals surface area contributed by atoms with Gasteiger partial charge in [-0.25, -0.2) is 8.42 Å². The summed E-state index contributed by atoms with van der Waals surface area (Å²) in [4.78, 5) is 50.4. The van der Waals surface area contributed by atoms with Crippen LogP contribution in [0.4, 0.5) is 5.69 Å². The first kappa shape index (κ1) is 23.6. The van der Waals surface area contributed by atoms with E-state index >= 15 is 0 Å². The van der Waals surface area contributed by atoms with Crippen LogP contribution in [0.1, 0.15) is 55.9 Å². The van der Waals surface area contributed by atoms with Crippen molar-refractivity contribution in [2.24, 2.45) is 0 Å². The summed E-state index contributed by atoms with van der Waals surface area (Å²) in [6.45, 7) is 0.0366. The lowest BCUT2D eigenvalue weighted by molar-refractivity contribution is -0.142. The zero-order chi connectivity index (χ0) is 24.5. The Morgan fingerprint density at radius 2 is 1.71 bits per heavy atom. The molecule has 10 heteroatoms. The molecular weight excluding hydrogens is 460 g/mol. The molecule has 0 radical (unpaired) electrons. The number of hydrogen-bond donors (Lipinski definition) is 0. The molecule has 9 nitrogen and oxygen atoms in total. The smallest absolute Gasteiger partial charge is 0.306 e. The summed E-state index contributed by atoms with van der Waals surface area (Å²) in [5.74, 6) is -1.77. The lowest BCUT2D eigenvalue weighted by Gasteiger charge is -2.29. The normalized spacial score (nSPS) is 15.2. The van der Waals surface area contributed by atoms with Gasteiger partial charge in [0.1, 0.15) is 0 Å². The van der Waals surface area contributed by atoms with Gasteiger partial charge in [-0.2, -0.15) is 0 Å². The van der Waals surface area contributed by atoms with Crippen molar-refractivity contribution in [3.8, 4) is 0 Å². The maximum Gasteiger partial charge on any atom is 0.306 e. The molecule has 0 atom stereocenters. The summed E-state index contributed by atoms with van der Waals surface area (Å²) in [5, 5.41) is 0. The number of rotatable bonds is 8. The topological polar surface area (TPSA) is 118 Å². The Morgan fingerprint density at radius 1 is 1.03 bits per heavy atom. The van der Waals surface area contributed by atoms with Gasteiger partial charge in [0.15, 0.2) is 12.4 Å². The number of carbonyl (C=O) groups is 4. The zero-order valence-corrected chi connectivity index (χ0v) is 19.5. The first-order chi connectivity index (χ1) is 16.2. The molecule has 34 heavy (non-hydrogen) atoms. The van der Waals surface area contributed by atoms with E-state index < -0.39 is 28.4 Å². The fourth-order valence-electron chi connectivity index (χ4n) is 4.21. The van der Waals surface area contributed by atoms with Crippen molar-refractivity contribution in [3.63, 3.8) is 0 Å². The van der Waals surface area contributed by atoms with E-state index in [1.807, 2.05) is 0 Å². The van der Waals surface area contributed by atoms with E-state index in [1.165, 1.54) is 10.4 Å². The monoisotopic (exact) mass is 484 g/mol. The number of anilines is 1. The number of benzene rings is 2. The van der Waals surface area contributed by atoms with Gasteiger partial charge in [0.25, 0.3) is 11.8 Å². The lowest BCUT2D eigenvalue weighted by Crippen LogP contribution is -2.34. The van der Waals surface area contributed by atoms with Crippen molar-refractivity contribution in [3.05, 3.63) is 64.7 Å². The highest BCUT2D eigenvalue weighted by Gasteiger charge is 2.34. The maximum atomic E-state index is 12.5. The van der Waals surface area contributed by atoms with Crippen LogP contribution in [-0.4, -0.2) is 62.8 Å². The van der Waals surface area contributed by atoms with Crippen LogP contribution in [0.5, 0.6) is 0 Å². The molecule has 2 aromatic rings. The first-order valence-corrected chi connectivity index (χ1v) is 12.8. The van der Waals surface area contributed by atoms with E-state index in [9.17, 15) is 27.6 Å². The van der Waals surface area contributed by atoms with E-state index in [1.54, 1.807) is 36.4 Å². The van der Waals surface area contributed by atoms with Crippen LogP contribution in [0.3, 0.4) is 0 Å². The quantitative estimate of drug-likeness (QED) is 0.320. The van der Waals surface area contributed by atoms with Crippen molar-refractivity contribution < 1.29 is 32.3 Å². The first-order valence-electron chi connectivity index (χ1n) is 10.9. The highest BCUT2D eigenvalue weighted by molar-refractivity contribution is 7.92. The second-order valence-electron chi connectivity index (χ2n) is 8.28. The number of fused-ring (bicyclic) bond motifs is 2. The number of Topliss-reactive ketones (excluding diaryl/α,β-unsaturated/α-hetero) is 1. The van der Waals surface area contributed by atoms with Gasteiger partial charge in [-0.1, -0.05) is 12.1 Å². The number of ether oxygens (including phenoxy) is 1. The molecule has 2 aliphatic rings. The summed E-state index contributed by atoms with van der Waals surface area (Å²) in [5.41, 5.74) is 2.37. The molecule has 2 aromatic carbocycles. The van der Waals surface area contributed by atoms with E-state index in [-0.39, 0.29) is 31.2 Å². The van der Waals surface area contributed by atoms with E-state index in [4.69, 9.17) is 4.74 Å². The SMILES string of the molecule is CS(=O)(=O)N1CCCc2cc(C(=O)COC(=O)CCCN3C(=O)c4ccccc4C3=O)ccc21. The summed E-state index contributed by atoms with van der Waals surface area (Å²) >= 11 is 0. The Morgan fingerprint density at radius 3 is 2.35 bits per heavy atom. The minimum atomic E-state index is -3.40. The molecule has 0 spiro atoms. The number of imide groups is 1. The number of aryl methyl sites for hydroxylation is 1. The standard InChI is InChI=1S/C24H24N2O7S/c1-34(31,32)26-13-4-6-16-14-17(10-11-20(16)26)21(27)15-33-22(28)9-5-12-25-23(29)18-7-2-3-8-19(18)24(25)30/h2-3,7-8,10-11,14H,4-6,9,12-13,15H2,1H3. The molecule has 0 unspecified atom stereocenters. The van der Waals surface area contributed by atoms with Crippen LogP contribution < -0.4 is 4.31 Å². The van der Waals surface area contributed by atoms with E-state index in [0.717, 1.165) is 16.7 Å². The number of esters is 1. The molecule has 0 saturated carbocycles. The van der Waals surface area contributed by atoms with Gasteiger partial charge >= 0.3 is 5.97 Å². The summed E-state index contributed by atoms with van der Waals surface area (Å²) < 4.78 is 30.3. The summed E-state index contributed by atoms with van der Waals surface area (Å²) in [7, 11) is -3.40. The van der Waals surface area contributed by atoms with Gasteiger partial charge in [-0.3, -0.25) is 28.4 Å². The second kappa shape index (κ2) is 9.38. The van der Waals surface area contributed by atoms with Crippen LogP contribution in [0.25, 0.3) is 0 Å². The zero-order valence-electron chi connectivity index (χ0n) is 18.7. The van der Waals surface area contributed by atoms with Gasteiger partial charge in [-0.15, -0.1) is 0 Å². The molecule has 0 aliphatic carbocycles. The van der Waals surface area contributed by atoms with Crippen molar-refractivity contribution in [2.45, 2.75) is 25.7 Å². The molecule has 0 fully saturated rings. The average molecular weight is 485 g/mol. The molecule has 0 aromatic heterocycles. The highest BCUT2D eigenvalue weighted by Crippen LogP contribution is 2.30. The molecule has 4 rings (SSSR count). The van der Waals surface area contributed by atoms with Crippen LogP contribution >= 0.6 is 0 Å². The van der Waals surface area contributed by atoms with Crippen LogP contribution in [0.15, 0.2) is 42.5 Å².